The number of halogens is 2. The fraction of sp³-hybridized carbons (Fsp3) is 0.400. The second-order valence-electron chi connectivity index (χ2n) is 7.31. The first-order valence-corrected chi connectivity index (χ1v) is 9.98. The molecule has 5 nitrogen and oxygen atoms in total. The highest BCUT2D eigenvalue weighted by Gasteiger charge is 2.43. The van der Waals surface area contributed by atoms with Gasteiger partial charge in [0.2, 0.25) is 5.91 Å². The van der Waals surface area contributed by atoms with E-state index in [-0.39, 0.29) is 12.3 Å². The van der Waals surface area contributed by atoms with Crippen molar-refractivity contribution in [3.8, 4) is 10.6 Å². The number of piperidine rings is 1. The number of pyridine rings is 1. The third-order valence-electron chi connectivity index (χ3n) is 5.19. The summed E-state index contributed by atoms with van der Waals surface area (Å²) in [5.41, 5.74) is 1.52. The zero-order chi connectivity index (χ0) is 19.9. The first-order chi connectivity index (χ1) is 13.3. The van der Waals surface area contributed by atoms with E-state index < -0.39 is 18.4 Å². The molecule has 0 aliphatic carbocycles. The molecule has 1 aromatic carbocycles. The van der Waals surface area contributed by atoms with Gasteiger partial charge in [-0.25, -0.2) is 8.78 Å². The maximum Gasteiger partial charge on any atom is 0.267 e. The lowest BCUT2D eigenvalue weighted by molar-refractivity contribution is -0.148. The molecule has 8 heteroatoms. The number of amides is 1. The van der Waals surface area contributed by atoms with Crippen LogP contribution >= 0.6 is 11.3 Å². The molecule has 0 saturated carbocycles. The Morgan fingerprint density at radius 3 is 2.82 bits per heavy atom. The predicted octanol–water partition coefficient (Wildman–Crippen LogP) is 4.11. The molecule has 1 atom stereocenters. The minimum Gasteiger partial charge on any atom is -0.336 e. The molecule has 4 rings (SSSR count). The van der Waals surface area contributed by atoms with Crippen LogP contribution in [0.4, 0.5) is 8.78 Å². The Bertz CT molecular complexity index is 1040. The third-order valence-corrected chi connectivity index (χ3v) is 6.08. The number of hydrogen-bond donors (Lipinski definition) is 0. The average molecular weight is 402 g/mol. The van der Waals surface area contributed by atoms with Crippen molar-refractivity contribution in [2.24, 2.45) is 5.92 Å². The van der Waals surface area contributed by atoms with Gasteiger partial charge in [-0.2, -0.15) is 0 Å². The number of aryl methyl sites for hydroxylation is 1. The number of hydrogen-bond acceptors (Lipinski definition) is 5. The van der Waals surface area contributed by atoms with E-state index in [0.29, 0.717) is 18.7 Å². The van der Waals surface area contributed by atoms with Gasteiger partial charge in [-0.1, -0.05) is 30.4 Å². The normalized spacial score (nSPS) is 19.1. The number of carbonyl (C=O) groups is 1. The zero-order valence-corrected chi connectivity index (χ0v) is 16.5. The number of alkyl halides is 2. The van der Waals surface area contributed by atoms with Gasteiger partial charge in [0.1, 0.15) is 10.0 Å². The van der Waals surface area contributed by atoms with Crippen LogP contribution < -0.4 is 0 Å². The number of nitrogens with zero attached hydrogens (tertiary/aromatic N) is 4. The third kappa shape index (κ3) is 3.73. The van der Waals surface area contributed by atoms with E-state index in [2.05, 4.69) is 15.2 Å². The Morgan fingerprint density at radius 1 is 1.29 bits per heavy atom. The van der Waals surface area contributed by atoms with Crippen LogP contribution in [0.25, 0.3) is 21.3 Å². The molecular weight excluding hydrogens is 382 g/mol. The first-order valence-electron chi connectivity index (χ1n) is 9.16. The second kappa shape index (κ2) is 7.16. The molecule has 1 amide bonds. The summed E-state index contributed by atoms with van der Waals surface area (Å²) in [5.74, 6) is -3.84. The van der Waals surface area contributed by atoms with Crippen LogP contribution in [-0.2, 0) is 11.2 Å². The second-order valence-corrected chi connectivity index (χ2v) is 8.49. The molecule has 1 aliphatic rings. The molecule has 0 bridgehead atoms. The fourth-order valence-electron chi connectivity index (χ4n) is 3.36. The number of fused-ring (bicyclic) bond motifs is 1. The highest BCUT2D eigenvalue weighted by Crippen LogP contribution is 2.32. The summed E-state index contributed by atoms with van der Waals surface area (Å²) in [7, 11) is 0. The van der Waals surface area contributed by atoms with Crippen molar-refractivity contribution in [1.82, 2.24) is 20.1 Å². The quantitative estimate of drug-likeness (QED) is 0.662. The summed E-state index contributed by atoms with van der Waals surface area (Å²) in [4.78, 5) is 18.1. The van der Waals surface area contributed by atoms with Crippen LogP contribution in [0.2, 0.25) is 0 Å². The largest absolute Gasteiger partial charge is 0.336 e. The Balaban J connectivity index is 1.55. The zero-order valence-electron chi connectivity index (χ0n) is 15.7. The van der Waals surface area contributed by atoms with Gasteiger partial charge in [-0.15, -0.1) is 10.2 Å². The molecule has 0 radical (unpaired) electrons. The highest BCUT2D eigenvalue weighted by molar-refractivity contribution is 7.14. The fourth-order valence-corrected chi connectivity index (χ4v) is 4.05. The van der Waals surface area contributed by atoms with E-state index in [4.69, 9.17) is 0 Å². The molecule has 0 N–H and O–H groups in total. The molecule has 0 spiro atoms. The Kier molecular flexibility index (Phi) is 4.82. The van der Waals surface area contributed by atoms with Crippen LogP contribution in [0.5, 0.6) is 0 Å². The molecular formula is C20H20F2N4OS. The molecule has 28 heavy (non-hydrogen) atoms. The van der Waals surface area contributed by atoms with Crippen molar-refractivity contribution < 1.29 is 13.6 Å². The van der Waals surface area contributed by atoms with Crippen molar-refractivity contribution >= 4 is 28.0 Å². The van der Waals surface area contributed by atoms with Gasteiger partial charge in [-0.05, 0) is 30.9 Å². The van der Waals surface area contributed by atoms with E-state index in [1.165, 1.54) is 23.2 Å². The van der Waals surface area contributed by atoms with E-state index in [9.17, 15) is 13.6 Å². The van der Waals surface area contributed by atoms with Gasteiger partial charge >= 0.3 is 0 Å². The highest BCUT2D eigenvalue weighted by atomic mass is 32.1. The molecule has 1 saturated heterocycles. The summed E-state index contributed by atoms with van der Waals surface area (Å²) in [6.07, 6.45) is 2.04. The summed E-state index contributed by atoms with van der Waals surface area (Å²) in [6, 6.07) is 7.75. The van der Waals surface area contributed by atoms with Crippen LogP contribution in [0.15, 0.2) is 30.5 Å². The van der Waals surface area contributed by atoms with E-state index in [1.54, 1.807) is 6.20 Å². The van der Waals surface area contributed by atoms with Crippen LogP contribution in [-0.4, -0.2) is 45.0 Å². The number of benzene rings is 1. The topological polar surface area (TPSA) is 59.0 Å². The van der Waals surface area contributed by atoms with E-state index >= 15 is 0 Å². The monoisotopic (exact) mass is 402 g/mol. The molecule has 1 aliphatic heterocycles. The van der Waals surface area contributed by atoms with Crippen molar-refractivity contribution in [2.45, 2.75) is 32.6 Å². The minimum absolute atomic E-state index is 0.0164. The maximum atomic E-state index is 13.9. The Morgan fingerprint density at radius 2 is 2.11 bits per heavy atom. The lowest BCUT2D eigenvalue weighted by Crippen LogP contribution is -2.50. The molecule has 146 valence electrons. The standard InChI is InChI=1S/C20H20F2N4OS/c1-12-5-6-26(11-20(12,21)22)18(27)9-17-8-16-7-14(3-4-15(16)10-23-17)19-25-24-13(2)28-19/h3-4,7-8,10,12H,5-6,9,11H2,1-2H3. The lowest BCUT2D eigenvalue weighted by atomic mass is 9.94. The van der Waals surface area contributed by atoms with Crippen LogP contribution in [0.1, 0.15) is 24.0 Å². The SMILES string of the molecule is Cc1nnc(-c2ccc3cnc(CC(=O)N4CCC(C)C(F)(F)C4)cc3c2)s1. The number of likely N-dealkylation sites (tertiary alicyclic amines) is 1. The molecule has 3 heterocycles. The summed E-state index contributed by atoms with van der Waals surface area (Å²) in [6.45, 7) is 3.29. The summed E-state index contributed by atoms with van der Waals surface area (Å²) >= 11 is 1.51. The van der Waals surface area contributed by atoms with Crippen molar-refractivity contribution in [1.29, 1.82) is 0 Å². The van der Waals surface area contributed by atoms with Gasteiger partial charge in [0, 0.05) is 29.6 Å². The smallest absolute Gasteiger partial charge is 0.267 e. The lowest BCUT2D eigenvalue weighted by Gasteiger charge is -2.36. The van der Waals surface area contributed by atoms with Crippen molar-refractivity contribution in [3.05, 3.63) is 41.2 Å². The number of carbonyl (C=O) groups excluding carboxylic acids is 1. The first kappa shape index (κ1) is 18.9. The van der Waals surface area contributed by atoms with E-state index in [1.807, 2.05) is 31.2 Å². The summed E-state index contributed by atoms with van der Waals surface area (Å²) in [5, 5.41) is 11.8. The van der Waals surface area contributed by atoms with Gasteiger partial charge < -0.3 is 4.90 Å². The van der Waals surface area contributed by atoms with Gasteiger partial charge in [-0.3, -0.25) is 9.78 Å². The maximum absolute atomic E-state index is 13.9. The van der Waals surface area contributed by atoms with Crippen molar-refractivity contribution in [3.63, 3.8) is 0 Å². The van der Waals surface area contributed by atoms with Crippen LogP contribution in [0.3, 0.4) is 0 Å². The van der Waals surface area contributed by atoms with Crippen LogP contribution in [0, 0.1) is 12.8 Å². The number of rotatable bonds is 3. The molecule has 1 unspecified atom stereocenters. The molecule has 1 fully saturated rings. The minimum atomic E-state index is -2.83. The van der Waals surface area contributed by atoms with Gasteiger partial charge in [0.05, 0.1) is 18.7 Å². The number of aromatic nitrogens is 3. The van der Waals surface area contributed by atoms with Gasteiger partial charge in [0.25, 0.3) is 5.92 Å². The molecule has 3 aromatic rings. The predicted molar refractivity (Wildman–Crippen MR) is 104 cm³/mol. The van der Waals surface area contributed by atoms with Crippen molar-refractivity contribution in [2.75, 3.05) is 13.1 Å². The Labute approximate surface area is 165 Å². The Hall–Kier alpha value is -2.48. The average Bonchev–Trinajstić information content (AvgIpc) is 3.09. The van der Waals surface area contributed by atoms with Gasteiger partial charge in [0.15, 0.2) is 0 Å². The van der Waals surface area contributed by atoms with E-state index in [0.717, 1.165) is 26.4 Å². The summed E-state index contributed by atoms with van der Waals surface area (Å²) < 4.78 is 27.9. The molecule has 2 aromatic heterocycles.